The zero-order chi connectivity index (χ0) is 21.6. The van der Waals surface area contributed by atoms with Crippen molar-refractivity contribution in [2.75, 3.05) is 11.9 Å². The van der Waals surface area contributed by atoms with E-state index in [4.69, 9.17) is 9.47 Å². The van der Waals surface area contributed by atoms with E-state index in [9.17, 15) is 9.18 Å². The SMILES string of the molecule is Cc1nc(Oc2ccc(NC(=O)COc3ccc(F)cc3)cc2)cc(-n2cccn2)n1. The van der Waals surface area contributed by atoms with Gasteiger partial charge in [-0.1, -0.05) is 0 Å². The number of nitrogens with zero attached hydrogens (tertiary/aromatic N) is 4. The zero-order valence-electron chi connectivity index (χ0n) is 16.5. The summed E-state index contributed by atoms with van der Waals surface area (Å²) in [6, 6.07) is 15.8. The molecule has 4 aromatic rings. The molecule has 0 aliphatic carbocycles. The minimum absolute atomic E-state index is 0.194. The first-order chi connectivity index (χ1) is 15.0. The summed E-state index contributed by atoms with van der Waals surface area (Å²) in [5.74, 6) is 1.77. The van der Waals surface area contributed by atoms with Gasteiger partial charge in [-0.2, -0.15) is 10.1 Å². The highest BCUT2D eigenvalue weighted by atomic mass is 19.1. The lowest BCUT2D eigenvalue weighted by Crippen LogP contribution is -2.20. The van der Waals surface area contributed by atoms with Gasteiger partial charge in [-0.3, -0.25) is 4.79 Å². The molecular weight excluding hydrogens is 401 g/mol. The van der Waals surface area contributed by atoms with Crippen LogP contribution in [-0.2, 0) is 4.79 Å². The maximum atomic E-state index is 12.9. The van der Waals surface area contributed by atoms with Gasteiger partial charge in [0.1, 0.15) is 23.1 Å². The Hall–Kier alpha value is -4.27. The molecule has 0 fully saturated rings. The number of nitrogens with one attached hydrogen (secondary N) is 1. The number of hydrogen-bond acceptors (Lipinski definition) is 6. The number of aromatic nitrogens is 4. The Balaban J connectivity index is 1.35. The van der Waals surface area contributed by atoms with Crippen LogP contribution in [0.5, 0.6) is 17.4 Å². The van der Waals surface area contributed by atoms with Gasteiger partial charge < -0.3 is 14.8 Å². The van der Waals surface area contributed by atoms with Crippen molar-refractivity contribution >= 4 is 11.6 Å². The topological polar surface area (TPSA) is 91.2 Å². The minimum atomic E-state index is -0.367. The van der Waals surface area contributed by atoms with Crippen LogP contribution in [0, 0.1) is 12.7 Å². The van der Waals surface area contributed by atoms with Crippen molar-refractivity contribution in [3.63, 3.8) is 0 Å². The predicted molar refractivity (Wildman–Crippen MR) is 111 cm³/mol. The number of aryl methyl sites for hydroxylation is 1. The molecule has 0 saturated carbocycles. The summed E-state index contributed by atoms with van der Waals surface area (Å²) in [5.41, 5.74) is 0.580. The van der Waals surface area contributed by atoms with E-state index in [0.29, 0.717) is 34.7 Å². The summed E-state index contributed by atoms with van der Waals surface area (Å²) < 4.78 is 25.6. The molecule has 2 aromatic carbocycles. The number of rotatable bonds is 7. The molecule has 0 radical (unpaired) electrons. The normalized spacial score (nSPS) is 10.5. The van der Waals surface area contributed by atoms with Gasteiger partial charge in [0.2, 0.25) is 5.88 Å². The second kappa shape index (κ2) is 9.04. The molecule has 31 heavy (non-hydrogen) atoms. The molecule has 1 N–H and O–H groups in total. The van der Waals surface area contributed by atoms with E-state index in [2.05, 4.69) is 20.4 Å². The van der Waals surface area contributed by atoms with Crippen molar-refractivity contribution in [2.24, 2.45) is 0 Å². The molecule has 9 heteroatoms. The molecule has 0 bridgehead atoms. The first-order valence-corrected chi connectivity index (χ1v) is 9.37. The Morgan fingerprint density at radius 1 is 1.06 bits per heavy atom. The molecule has 0 atom stereocenters. The number of amides is 1. The molecule has 0 aliphatic rings. The monoisotopic (exact) mass is 419 g/mol. The Kier molecular flexibility index (Phi) is 5.84. The highest BCUT2D eigenvalue weighted by molar-refractivity contribution is 5.91. The quantitative estimate of drug-likeness (QED) is 0.488. The lowest BCUT2D eigenvalue weighted by Gasteiger charge is -2.10. The molecule has 8 nitrogen and oxygen atoms in total. The average Bonchev–Trinajstić information content (AvgIpc) is 3.29. The van der Waals surface area contributed by atoms with E-state index in [1.165, 1.54) is 24.3 Å². The van der Waals surface area contributed by atoms with Crippen molar-refractivity contribution in [1.82, 2.24) is 19.7 Å². The van der Waals surface area contributed by atoms with E-state index in [1.54, 1.807) is 60.4 Å². The van der Waals surface area contributed by atoms with Crippen LogP contribution in [0.15, 0.2) is 73.1 Å². The predicted octanol–water partition coefficient (Wildman–Crippen LogP) is 3.92. The lowest BCUT2D eigenvalue weighted by atomic mass is 10.3. The van der Waals surface area contributed by atoms with Crippen LogP contribution >= 0.6 is 0 Å². The van der Waals surface area contributed by atoms with Crippen molar-refractivity contribution in [3.8, 4) is 23.2 Å². The number of halogens is 1. The van der Waals surface area contributed by atoms with E-state index >= 15 is 0 Å². The van der Waals surface area contributed by atoms with Crippen LogP contribution in [0.25, 0.3) is 5.82 Å². The average molecular weight is 419 g/mol. The molecule has 2 heterocycles. The number of hydrogen-bond donors (Lipinski definition) is 1. The van der Waals surface area contributed by atoms with Gasteiger partial charge in [0.25, 0.3) is 5.91 Å². The summed E-state index contributed by atoms with van der Waals surface area (Å²) in [4.78, 5) is 20.7. The van der Waals surface area contributed by atoms with Gasteiger partial charge in [0.15, 0.2) is 12.4 Å². The molecular formula is C22H18FN5O3. The number of benzene rings is 2. The second-order valence-electron chi connectivity index (χ2n) is 6.48. The number of carbonyl (C=O) groups is 1. The zero-order valence-corrected chi connectivity index (χ0v) is 16.5. The van der Waals surface area contributed by atoms with Crippen molar-refractivity contribution in [3.05, 3.63) is 84.7 Å². The van der Waals surface area contributed by atoms with Crippen LogP contribution < -0.4 is 14.8 Å². The Morgan fingerprint density at radius 2 is 1.81 bits per heavy atom. The minimum Gasteiger partial charge on any atom is -0.484 e. The van der Waals surface area contributed by atoms with Crippen LogP contribution in [0.2, 0.25) is 0 Å². The molecule has 0 saturated heterocycles. The Morgan fingerprint density at radius 3 is 2.52 bits per heavy atom. The van der Waals surface area contributed by atoms with E-state index < -0.39 is 0 Å². The molecule has 156 valence electrons. The van der Waals surface area contributed by atoms with Crippen LogP contribution in [0.4, 0.5) is 10.1 Å². The highest BCUT2D eigenvalue weighted by Crippen LogP contribution is 2.23. The molecule has 2 aromatic heterocycles. The second-order valence-corrected chi connectivity index (χ2v) is 6.48. The van der Waals surface area contributed by atoms with Crippen molar-refractivity contribution < 1.29 is 18.7 Å². The summed E-state index contributed by atoms with van der Waals surface area (Å²) >= 11 is 0. The fourth-order valence-corrected chi connectivity index (χ4v) is 2.70. The summed E-state index contributed by atoms with van der Waals surface area (Å²) in [7, 11) is 0. The van der Waals surface area contributed by atoms with E-state index in [0.717, 1.165) is 0 Å². The largest absolute Gasteiger partial charge is 0.484 e. The van der Waals surface area contributed by atoms with Gasteiger partial charge in [-0.05, 0) is 61.5 Å². The van der Waals surface area contributed by atoms with Gasteiger partial charge in [0, 0.05) is 24.1 Å². The molecule has 0 aliphatic heterocycles. The third kappa shape index (κ3) is 5.41. The highest BCUT2D eigenvalue weighted by Gasteiger charge is 2.08. The molecule has 1 amide bonds. The van der Waals surface area contributed by atoms with Crippen molar-refractivity contribution in [1.29, 1.82) is 0 Å². The molecule has 0 unspecified atom stereocenters. The lowest BCUT2D eigenvalue weighted by molar-refractivity contribution is -0.118. The maximum Gasteiger partial charge on any atom is 0.262 e. The first-order valence-electron chi connectivity index (χ1n) is 9.37. The van der Waals surface area contributed by atoms with Gasteiger partial charge in [-0.25, -0.2) is 14.1 Å². The fraction of sp³-hybridized carbons (Fsp3) is 0.0909. The van der Waals surface area contributed by atoms with Crippen LogP contribution in [0.1, 0.15) is 5.82 Å². The van der Waals surface area contributed by atoms with Gasteiger partial charge in [-0.15, -0.1) is 0 Å². The first kappa shape index (κ1) is 20.0. The Labute approximate surface area is 177 Å². The standard InChI is InChI=1S/C22H18FN5O3/c1-15-25-20(28-12-2-11-24-28)13-22(26-15)31-19-9-5-17(6-10-19)27-21(29)14-30-18-7-3-16(23)4-8-18/h2-13H,14H2,1H3,(H,27,29). The third-order valence-corrected chi connectivity index (χ3v) is 4.08. The number of anilines is 1. The smallest absolute Gasteiger partial charge is 0.262 e. The van der Waals surface area contributed by atoms with E-state index in [-0.39, 0.29) is 18.3 Å². The van der Waals surface area contributed by atoms with Gasteiger partial charge in [0.05, 0.1) is 0 Å². The maximum absolute atomic E-state index is 12.9. The third-order valence-electron chi connectivity index (χ3n) is 4.08. The number of carbonyl (C=O) groups excluding carboxylic acids is 1. The fourth-order valence-electron chi connectivity index (χ4n) is 2.70. The van der Waals surface area contributed by atoms with Gasteiger partial charge >= 0.3 is 0 Å². The van der Waals surface area contributed by atoms with E-state index in [1.807, 2.05) is 0 Å². The van der Waals surface area contributed by atoms with Crippen LogP contribution in [0.3, 0.4) is 0 Å². The summed E-state index contributed by atoms with van der Waals surface area (Å²) in [6.07, 6.45) is 3.44. The molecule has 0 spiro atoms. The summed E-state index contributed by atoms with van der Waals surface area (Å²) in [5, 5.41) is 6.88. The molecule has 4 rings (SSSR count). The Bertz CT molecular complexity index is 1160. The summed E-state index contributed by atoms with van der Waals surface area (Å²) in [6.45, 7) is 1.58. The van der Waals surface area contributed by atoms with Crippen LogP contribution in [-0.4, -0.2) is 32.3 Å². The van der Waals surface area contributed by atoms with Crippen molar-refractivity contribution in [2.45, 2.75) is 6.92 Å². The number of ether oxygens (including phenoxy) is 2.